The van der Waals surface area contributed by atoms with Crippen molar-refractivity contribution in [2.75, 3.05) is 12.4 Å². The van der Waals surface area contributed by atoms with Crippen molar-refractivity contribution in [3.63, 3.8) is 0 Å². The first-order valence-corrected chi connectivity index (χ1v) is 5.44. The number of benzene rings is 1. The number of epoxide rings is 1. The third-order valence-corrected chi connectivity index (χ3v) is 3.38. The van der Waals surface area contributed by atoms with Gasteiger partial charge in [-0.1, -0.05) is 0 Å². The highest BCUT2D eigenvalue weighted by atomic mass is 32.2. The van der Waals surface area contributed by atoms with E-state index in [-0.39, 0.29) is 16.8 Å². The summed E-state index contributed by atoms with van der Waals surface area (Å²) in [5.74, 6) is -1.14. The van der Waals surface area contributed by atoms with Crippen molar-refractivity contribution < 1.29 is 17.7 Å². The predicted molar refractivity (Wildman–Crippen MR) is 47.4 cm³/mol. The summed E-state index contributed by atoms with van der Waals surface area (Å²) < 4.78 is 42.0. The van der Waals surface area contributed by atoms with E-state index in [2.05, 4.69) is 0 Å². The lowest BCUT2D eigenvalue weighted by Crippen LogP contribution is -2.06. The van der Waals surface area contributed by atoms with E-state index in [1.165, 1.54) is 6.07 Å². The van der Waals surface area contributed by atoms with Crippen molar-refractivity contribution >= 4 is 10.8 Å². The molecule has 2 nitrogen and oxygen atoms in total. The van der Waals surface area contributed by atoms with E-state index in [0.29, 0.717) is 6.61 Å². The summed E-state index contributed by atoms with van der Waals surface area (Å²) in [5.41, 5.74) is 0. The molecule has 0 aromatic heterocycles. The van der Waals surface area contributed by atoms with Crippen molar-refractivity contribution in [1.82, 2.24) is 0 Å². The van der Waals surface area contributed by atoms with Crippen LogP contribution in [-0.2, 0) is 15.5 Å². The highest BCUT2D eigenvalue weighted by molar-refractivity contribution is 7.85. The molecule has 0 N–H and O–H groups in total. The Morgan fingerprint density at radius 3 is 2.79 bits per heavy atom. The molecule has 76 valence electrons. The van der Waals surface area contributed by atoms with Gasteiger partial charge in [0.1, 0.15) is 11.6 Å². The van der Waals surface area contributed by atoms with Crippen LogP contribution < -0.4 is 0 Å². The van der Waals surface area contributed by atoms with E-state index in [0.717, 1.165) is 12.1 Å². The standard InChI is InChI=1S/C9H8F2O2S/c10-6-1-2-9(8(11)3-6)14(12)5-7-4-13-7/h1-3,7H,4-5H2/t7-,14?/m0/s1. The first-order valence-electron chi connectivity index (χ1n) is 4.12. The summed E-state index contributed by atoms with van der Waals surface area (Å²) in [5, 5.41) is 0. The molecular weight excluding hydrogens is 210 g/mol. The van der Waals surface area contributed by atoms with Crippen LogP contribution in [0.5, 0.6) is 0 Å². The van der Waals surface area contributed by atoms with Gasteiger partial charge in [0.15, 0.2) is 0 Å². The van der Waals surface area contributed by atoms with Crippen LogP contribution in [0.15, 0.2) is 23.1 Å². The Labute approximate surface area is 82.3 Å². The van der Waals surface area contributed by atoms with E-state index in [1.54, 1.807) is 0 Å². The SMILES string of the molecule is O=S(C[C@@H]1CO1)c1ccc(F)cc1F. The second kappa shape index (κ2) is 3.74. The smallest absolute Gasteiger partial charge is 0.142 e. The second-order valence-corrected chi connectivity index (χ2v) is 4.51. The van der Waals surface area contributed by atoms with Crippen molar-refractivity contribution in [1.29, 1.82) is 0 Å². The summed E-state index contributed by atoms with van der Waals surface area (Å²) in [6.07, 6.45) is -0.0275. The predicted octanol–water partition coefficient (Wildman–Crippen LogP) is 1.47. The van der Waals surface area contributed by atoms with Gasteiger partial charge in [-0.2, -0.15) is 0 Å². The second-order valence-electron chi connectivity index (χ2n) is 3.04. The van der Waals surface area contributed by atoms with Crippen molar-refractivity contribution in [2.24, 2.45) is 0 Å². The van der Waals surface area contributed by atoms with Gasteiger partial charge in [0.2, 0.25) is 0 Å². The first-order chi connectivity index (χ1) is 6.66. The number of halogens is 2. The van der Waals surface area contributed by atoms with Crippen LogP contribution in [0.1, 0.15) is 0 Å². The molecule has 1 saturated heterocycles. The highest BCUT2D eigenvalue weighted by Gasteiger charge is 2.26. The third-order valence-electron chi connectivity index (χ3n) is 1.88. The maximum absolute atomic E-state index is 13.1. The molecule has 1 aromatic carbocycles. The van der Waals surface area contributed by atoms with E-state index in [1.807, 2.05) is 0 Å². The lowest BCUT2D eigenvalue weighted by molar-refractivity contribution is 0.424. The molecule has 1 aliphatic heterocycles. The van der Waals surface area contributed by atoms with Gasteiger partial charge >= 0.3 is 0 Å². The Morgan fingerprint density at radius 1 is 1.50 bits per heavy atom. The average Bonchev–Trinajstić information content (AvgIpc) is 2.87. The molecule has 5 heteroatoms. The molecule has 1 heterocycles. The van der Waals surface area contributed by atoms with Crippen LogP contribution >= 0.6 is 0 Å². The number of hydrogen-bond donors (Lipinski definition) is 0. The van der Waals surface area contributed by atoms with E-state index in [4.69, 9.17) is 4.74 Å². The lowest BCUT2D eigenvalue weighted by Gasteiger charge is -2.01. The molecule has 1 fully saturated rings. The molecule has 2 atom stereocenters. The maximum Gasteiger partial charge on any atom is 0.142 e. The van der Waals surface area contributed by atoms with Crippen LogP contribution in [-0.4, -0.2) is 22.7 Å². The van der Waals surface area contributed by atoms with Crippen molar-refractivity contribution in [2.45, 2.75) is 11.0 Å². The van der Waals surface area contributed by atoms with Gasteiger partial charge in [-0.25, -0.2) is 8.78 Å². The Kier molecular flexibility index (Phi) is 2.60. The van der Waals surface area contributed by atoms with Gasteiger partial charge in [0.25, 0.3) is 0 Å². The maximum atomic E-state index is 13.1. The first kappa shape index (κ1) is 9.73. The topological polar surface area (TPSA) is 29.6 Å². The summed E-state index contributed by atoms with van der Waals surface area (Å²) >= 11 is 0. The van der Waals surface area contributed by atoms with Crippen LogP contribution in [0.4, 0.5) is 8.78 Å². The van der Waals surface area contributed by atoms with Gasteiger partial charge in [-0.3, -0.25) is 4.21 Å². The van der Waals surface area contributed by atoms with Crippen LogP contribution in [0.3, 0.4) is 0 Å². The zero-order valence-corrected chi connectivity index (χ0v) is 8.02. The van der Waals surface area contributed by atoms with Gasteiger partial charge in [0.05, 0.1) is 34.2 Å². The molecule has 0 saturated carbocycles. The molecule has 0 radical (unpaired) electrons. The Morgan fingerprint density at radius 2 is 2.21 bits per heavy atom. The summed E-state index contributed by atoms with van der Waals surface area (Å²) in [7, 11) is -1.44. The minimum absolute atomic E-state index is 0.0275. The van der Waals surface area contributed by atoms with Crippen LogP contribution in [0.25, 0.3) is 0 Å². The highest BCUT2D eigenvalue weighted by Crippen LogP contribution is 2.18. The van der Waals surface area contributed by atoms with Crippen molar-refractivity contribution in [3.8, 4) is 0 Å². The number of rotatable bonds is 3. The summed E-state index contributed by atoms with van der Waals surface area (Å²) in [6.45, 7) is 0.578. The minimum atomic E-state index is -1.44. The fraction of sp³-hybridized carbons (Fsp3) is 0.333. The molecule has 1 unspecified atom stereocenters. The van der Waals surface area contributed by atoms with Crippen molar-refractivity contribution in [3.05, 3.63) is 29.8 Å². The summed E-state index contributed by atoms with van der Waals surface area (Å²) in [4.78, 5) is 0.0434. The quantitative estimate of drug-likeness (QED) is 0.719. The third kappa shape index (κ3) is 2.16. The molecule has 2 rings (SSSR count). The van der Waals surface area contributed by atoms with Gasteiger partial charge < -0.3 is 4.74 Å². The van der Waals surface area contributed by atoms with E-state index in [9.17, 15) is 13.0 Å². The van der Waals surface area contributed by atoms with Crippen LogP contribution in [0, 0.1) is 11.6 Å². The summed E-state index contributed by atoms with van der Waals surface area (Å²) in [6, 6.07) is 3.05. The molecule has 1 aliphatic rings. The van der Waals surface area contributed by atoms with E-state index < -0.39 is 22.4 Å². The molecule has 0 aliphatic carbocycles. The van der Waals surface area contributed by atoms with E-state index >= 15 is 0 Å². The molecular formula is C9H8F2O2S. The van der Waals surface area contributed by atoms with Crippen LogP contribution in [0.2, 0.25) is 0 Å². The zero-order chi connectivity index (χ0) is 10.1. The normalized spacial score (nSPS) is 22.0. The Bertz CT molecular complexity index is 377. The monoisotopic (exact) mass is 218 g/mol. The largest absolute Gasteiger partial charge is 0.372 e. The number of hydrogen-bond acceptors (Lipinski definition) is 2. The molecule has 0 amide bonds. The molecule has 14 heavy (non-hydrogen) atoms. The Hall–Kier alpha value is -0.810. The minimum Gasteiger partial charge on any atom is -0.372 e. The molecule has 1 aromatic rings. The fourth-order valence-corrected chi connectivity index (χ4v) is 2.29. The van der Waals surface area contributed by atoms with Gasteiger partial charge in [-0.15, -0.1) is 0 Å². The molecule has 0 bridgehead atoms. The number of ether oxygens (including phenoxy) is 1. The average molecular weight is 218 g/mol. The molecule has 0 spiro atoms. The van der Waals surface area contributed by atoms with Gasteiger partial charge in [-0.05, 0) is 12.1 Å². The lowest BCUT2D eigenvalue weighted by atomic mass is 10.3. The fourth-order valence-electron chi connectivity index (χ4n) is 1.08. The Balaban J connectivity index is 2.17. The zero-order valence-electron chi connectivity index (χ0n) is 7.20. The van der Waals surface area contributed by atoms with Gasteiger partial charge in [0, 0.05) is 6.07 Å².